The molecule has 106 valence electrons. The predicted octanol–water partition coefficient (Wildman–Crippen LogP) is 4.28. The standard InChI is InChI=1S/C15H28O3/c1-11(2)17-18-13(16)12(3)9-15(7,8)10-14(4,5)6/h9,11H,10H2,1-8H3/b12-9-. The monoisotopic (exact) mass is 256 g/mol. The highest BCUT2D eigenvalue weighted by Gasteiger charge is 2.24. The molecule has 0 aromatic heterocycles. The summed E-state index contributed by atoms with van der Waals surface area (Å²) in [6, 6.07) is 0. The molecule has 0 amide bonds. The summed E-state index contributed by atoms with van der Waals surface area (Å²) in [5.74, 6) is -0.411. The molecule has 0 N–H and O–H groups in total. The molecule has 0 aliphatic rings. The van der Waals surface area contributed by atoms with Crippen molar-refractivity contribution in [3.8, 4) is 0 Å². The summed E-state index contributed by atoms with van der Waals surface area (Å²) in [4.78, 5) is 21.3. The second kappa shape index (κ2) is 6.37. The van der Waals surface area contributed by atoms with Gasteiger partial charge in [-0.1, -0.05) is 40.7 Å². The topological polar surface area (TPSA) is 35.5 Å². The zero-order valence-corrected chi connectivity index (χ0v) is 13.1. The van der Waals surface area contributed by atoms with E-state index in [-0.39, 0.29) is 16.9 Å². The average molecular weight is 256 g/mol. The quantitative estimate of drug-likeness (QED) is 0.418. The predicted molar refractivity (Wildman–Crippen MR) is 73.9 cm³/mol. The molecule has 0 aromatic rings. The van der Waals surface area contributed by atoms with Crippen LogP contribution in [0.1, 0.15) is 61.8 Å². The van der Waals surface area contributed by atoms with Crippen LogP contribution in [0.25, 0.3) is 0 Å². The lowest BCUT2D eigenvalue weighted by atomic mass is 9.75. The summed E-state index contributed by atoms with van der Waals surface area (Å²) in [7, 11) is 0. The molecule has 0 heterocycles. The Morgan fingerprint density at radius 1 is 1.17 bits per heavy atom. The van der Waals surface area contributed by atoms with E-state index in [9.17, 15) is 4.79 Å². The molecule has 3 heteroatoms. The van der Waals surface area contributed by atoms with Crippen LogP contribution in [-0.4, -0.2) is 12.1 Å². The highest BCUT2D eigenvalue weighted by Crippen LogP contribution is 2.35. The Labute approximate surface area is 111 Å². The zero-order valence-electron chi connectivity index (χ0n) is 13.1. The number of carbonyl (C=O) groups excluding carboxylic acids is 1. The fraction of sp³-hybridized carbons (Fsp3) is 0.800. The Bertz CT molecular complexity index is 306. The molecule has 0 bridgehead atoms. The third kappa shape index (κ3) is 8.29. The molecular weight excluding hydrogens is 228 g/mol. The molecule has 0 aromatic carbocycles. The van der Waals surface area contributed by atoms with Crippen LogP contribution in [0.4, 0.5) is 0 Å². The molecule has 0 fully saturated rings. The molecule has 0 radical (unpaired) electrons. The zero-order chi connectivity index (χ0) is 14.6. The van der Waals surface area contributed by atoms with Crippen LogP contribution in [0.3, 0.4) is 0 Å². The minimum absolute atomic E-state index is 0.0425. The lowest BCUT2D eigenvalue weighted by molar-refractivity contribution is -0.287. The molecule has 0 spiro atoms. The lowest BCUT2D eigenvalue weighted by Gasteiger charge is -2.30. The van der Waals surface area contributed by atoms with Gasteiger partial charge in [0, 0.05) is 5.57 Å². The molecule has 3 nitrogen and oxygen atoms in total. The Balaban J connectivity index is 4.60. The molecule has 0 saturated heterocycles. The summed E-state index contributed by atoms with van der Waals surface area (Å²) in [6.45, 7) is 16.2. The van der Waals surface area contributed by atoms with Crippen LogP contribution >= 0.6 is 0 Å². The Kier molecular flexibility index (Phi) is 6.08. The van der Waals surface area contributed by atoms with Gasteiger partial charge in [0.15, 0.2) is 0 Å². The van der Waals surface area contributed by atoms with E-state index in [1.807, 2.05) is 19.9 Å². The normalized spacial score (nSPS) is 13.9. The van der Waals surface area contributed by atoms with Crippen molar-refractivity contribution in [2.45, 2.75) is 67.9 Å². The van der Waals surface area contributed by atoms with Crippen molar-refractivity contribution in [3.05, 3.63) is 11.6 Å². The maximum atomic E-state index is 11.7. The highest BCUT2D eigenvalue weighted by atomic mass is 17.2. The smallest absolute Gasteiger partial charge is 0.293 e. The van der Waals surface area contributed by atoms with E-state index in [4.69, 9.17) is 9.78 Å². The van der Waals surface area contributed by atoms with Crippen molar-refractivity contribution in [2.75, 3.05) is 0 Å². The van der Waals surface area contributed by atoms with Crippen molar-refractivity contribution in [1.29, 1.82) is 0 Å². The fourth-order valence-electron chi connectivity index (χ4n) is 2.27. The number of hydrogen-bond acceptors (Lipinski definition) is 3. The van der Waals surface area contributed by atoms with Gasteiger partial charge in [0.05, 0.1) is 6.10 Å². The molecule has 18 heavy (non-hydrogen) atoms. The maximum absolute atomic E-state index is 11.7. The first kappa shape index (κ1) is 17.2. The largest absolute Gasteiger partial charge is 0.368 e. The van der Waals surface area contributed by atoms with Crippen LogP contribution in [0.15, 0.2) is 11.6 Å². The van der Waals surface area contributed by atoms with Gasteiger partial charge in [0.1, 0.15) is 0 Å². The second-order valence-electron chi connectivity index (χ2n) is 7.07. The van der Waals surface area contributed by atoms with Crippen LogP contribution in [-0.2, 0) is 14.6 Å². The first-order valence-corrected chi connectivity index (χ1v) is 6.50. The lowest BCUT2D eigenvalue weighted by Crippen LogP contribution is -2.20. The van der Waals surface area contributed by atoms with Gasteiger partial charge in [-0.05, 0) is 38.0 Å². The van der Waals surface area contributed by atoms with Crippen LogP contribution in [0, 0.1) is 10.8 Å². The van der Waals surface area contributed by atoms with E-state index in [0.717, 1.165) is 6.42 Å². The van der Waals surface area contributed by atoms with Crippen molar-refractivity contribution in [1.82, 2.24) is 0 Å². The SMILES string of the molecule is C/C(=C/C(C)(C)CC(C)(C)C)C(=O)OOC(C)C. The van der Waals surface area contributed by atoms with Gasteiger partial charge in [-0.15, -0.1) is 0 Å². The third-order valence-corrected chi connectivity index (χ3v) is 2.23. The van der Waals surface area contributed by atoms with Crippen molar-refractivity contribution >= 4 is 5.97 Å². The summed E-state index contributed by atoms with van der Waals surface area (Å²) >= 11 is 0. The second-order valence-corrected chi connectivity index (χ2v) is 7.07. The molecular formula is C15H28O3. The molecule has 0 atom stereocenters. The summed E-state index contributed by atoms with van der Waals surface area (Å²) in [6.07, 6.45) is 2.84. The van der Waals surface area contributed by atoms with E-state index in [0.29, 0.717) is 5.57 Å². The fourth-order valence-corrected chi connectivity index (χ4v) is 2.27. The maximum Gasteiger partial charge on any atom is 0.368 e. The molecule has 0 aliphatic heterocycles. The van der Waals surface area contributed by atoms with Crippen LogP contribution in [0.5, 0.6) is 0 Å². The third-order valence-electron chi connectivity index (χ3n) is 2.23. The Morgan fingerprint density at radius 2 is 1.67 bits per heavy atom. The Hall–Kier alpha value is -0.830. The average Bonchev–Trinajstić information content (AvgIpc) is 2.08. The minimum atomic E-state index is -0.411. The molecule has 0 unspecified atom stereocenters. The van der Waals surface area contributed by atoms with Gasteiger partial charge in [0.2, 0.25) is 0 Å². The number of allylic oxidation sites excluding steroid dienone is 1. The summed E-state index contributed by atoms with van der Waals surface area (Å²) in [5.41, 5.74) is 0.766. The summed E-state index contributed by atoms with van der Waals surface area (Å²) in [5, 5.41) is 0. The highest BCUT2D eigenvalue weighted by molar-refractivity contribution is 5.87. The number of carbonyl (C=O) groups is 1. The first-order valence-electron chi connectivity index (χ1n) is 6.50. The van der Waals surface area contributed by atoms with Crippen molar-refractivity contribution < 1.29 is 14.6 Å². The number of rotatable bonds is 5. The van der Waals surface area contributed by atoms with Gasteiger partial charge in [-0.3, -0.25) is 4.89 Å². The molecule has 0 aliphatic carbocycles. The van der Waals surface area contributed by atoms with Crippen LogP contribution < -0.4 is 0 Å². The van der Waals surface area contributed by atoms with E-state index >= 15 is 0 Å². The van der Waals surface area contributed by atoms with Crippen molar-refractivity contribution in [2.24, 2.45) is 10.8 Å². The van der Waals surface area contributed by atoms with Gasteiger partial charge in [-0.25, -0.2) is 4.79 Å². The van der Waals surface area contributed by atoms with E-state index in [1.165, 1.54) is 0 Å². The van der Waals surface area contributed by atoms with Crippen molar-refractivity contribution in [3.63, 3.8) is 0 Å². The number of hydrogen-bond donors (Lipinski definition) is 0. The Morgan fingerprint density at radius 3 is 2.06 bits per heavy atom. The van der Waals surface area contributed by atoms with Gasteiger partial charge in [0.25, 0.3) is 0 Å². The van der Waals surface area contributed by atoms with E-state index in [2.05, 4.69) is 34.6 Å². The molecule has 0 saturated carbocycles. The van der Waals surface area contributed by atoms with E-state index in [1.54, 1.807) is 6.92 Å². The minimum Gasteiger partial charge on any atom is -0.293 e. The first-order chi connectivity index (χ1) is 7.93. The molecule has 0 rings (SSSR count). The van der Waals surface area contributed by atoms with Gasteiger partial charge >= 0.3 is 5.97 Å². The summed E-state index contributed by atoms with van der Waals surface area (Å²) < 4.78 is 0. The van der Waals surface area contributed by atoms with E-state index < -0.39 is 5.97 Å². The van der Waals surface area contributed by atoms with Gasteiger partial charge in [-0.2, -0.15) is 4.89 Å². The van der Waals surface area contributed by atoms with Gasteiger partial charge < -0.3 is 0 Å². The van der Waals surface area contributed by atoms with Crippen LogP contribution in [0.2, 0.25) is 0 Å².